The Balaban J connectivity index is -0.000000353. The van der Waals surface area contributed by atoms with Crippen molar-refractivity contribution in [1.82, 2.24) is 0 Å². The molecule has 0 atom stereocenters. The molecule has 72 heavy (non-hydrogen) atoms. The fraction of sp³-hybridized carbons (Fsp3) is 0. The second-order valence-corrected chi connectivity index (χ2v) is 10.9. The number of hydrogen-bond donors (Lipinski definition) is 0. The summed E-state index contributed by atoms with van der Waals surface area (Å²) in [6, 6.07) is 40.1. The SMILES string of the molecule is F[n+]1ccccc1.F[n+]1ccccc1.F[n+]1ccccc1.F[n+]1ccccc1.F[n+]1ccccc1.F[n+]1ccccc1.F[n+]1ccccc1.F[n+]1ccccc1.[O-]B([O-])F.[O-]B([O-])F.[O-]B([O-])F.[O-]B([O-])F. The molecule has 0 fully saturated rings. The maximum absolute atomic E-state index is 11.8. The molecule has 0 aromatic carbocycles. The van der Waals surface area contributed by atoms with Gasteiger partial charge >= 0.3 is 0 Å². The highest BCUT2D eigenvalue weighted by atomic mass is 19.2. The van der Waals surface area contributed by atoms with Gasteiger partial charge in [-0.25, -0.2) is 0 Å². The zero-order chi connectivity index (χ0) is 55.2. The van der Waals surface area contributed by atoms with E-state index in [1.165, 1.54) is 99.1 Å². The van der Waals surface area contributed by atoms with Crippen LogP contribution in [0.1, 0.15) is 0 Å². The van der Waals surface area contributed by atoms with E-state index in [9.17, 15) is 53.1 Å². The molecule has 0 spiro atoms. The minimum atomic E-state index is -3.17. The van der Waals surface area contributed by atoms with Crippen LogP contribution in [0.4, 0.5) is 53.1 Å². The van der Waals surface area contributed by atoms with Crippen molar-refractivity contribution >= 4 is 29.6 Å². The van der Waals surface area contributed by atoms with Crippen LogP contribution in [0.15, 0.2) is 245 Å². The quantitative estimate of drug-likeness (QED) is 0.109. The Labute approximate surface area is 405 Å². The molecule has 0 aliphatic rings. The molecule has 0 aliphatic carbocycles. The lowest BCUT2D eigenvalue weighted by Crippen LogP contribution is -2.39. The summed E-state index contributed by atoms with van der Waals surface area (Å²) < 4.78 is 134. The molecule has 384 valence electrons. The van der Waals surface area contributed by atoms with E-state index in [-0.39, 0.29) is 0 Å². The second kappa shape index (κ2) is 52.7. The van der Waals surface area contributed by atoms with E-state index < -0.39 is 29.6 Å². The summed E-state index contributed by atoms with van der Waals surface area (Å²) in [5.41, 5.74) is 0. The molecule has 0 radical (unpaired) electrons. The fourth-order valence-corrected chi connectivity index (χ4v) is 3.02. The van der Waals surface area contributed by atoms with Gasteiger partial charge in [-0.3, -0.25) is 0 Å². The average Bonchev–Trinajstić information content (AvgIpc) is 3.32. The molecule has 0 aliphatic heterocycles. The van der Waals surface area contributed by atoms with Crippen LogP contribution in [0.25, 0.3) is 0 Å². The largest absolute Gasteiger partial charge is 0.867 e. The van der Waals surface area contributed by atoms with E-state index in [1.807, 2.05) is 0 Å². The normalized spacial score (nSPS) is 8.28. The van der Waals surface area contributed by atoms with Crippen molar-refractivity contribution in [2.45, 2.75) is 0 Å². The molecule has 32 heteroatoms. The van der Waals surface area contributed by atoms with Crippen molar-refractivity contribution in [2.75, 3.05) is 0 Å². The first kappa shape index (κ1) is 70.9. The summed E-state index contributed by atoms with van der Waals surface area (Å²) in [6.45, 7) is 0. The lowest BCUT2D eigenvalue weighted by Gasteiger charge is -2.09. The number of nitrogens with zero attached hydrogens (tertiary/aromatic N) is 8. The van der Waals surface area contributed by atoms with E-state index in [4.69, 9.17) is 40.2 Å². The Bertz CT molecular complexity index is 1790. The summed E-state index contributed by atoms with van der Waals surface area (Å²) in [4.78, 5) is 4.00. The topological polar surface area (TPSA) is 216 Å². The number of halogens is 12. The van der Waals surface area contributed by atoms with Crippen molar-refractivity contribution in [2.24, 2.45) is 0 Å². The highest BCUT2D eigenvalue weighted by Gasteiger charge is 1.90. The molecular weight excluding hydrogens is 992 g/mol. The van der Waals surface area contributed by atoms with Crippen LogP contribution in [0.3, 0.4) is 0 Å². The van der Waals surface area contributed by atoms with E-state index >= 15 is 0 Å². The maximum Gasteiger partial charge on any atom is 0.218 e. The maximum atomic E-state index is 11.8. The lowest BCUT2D eigenvalue weighted by molar-refractivity contribution is -0.843. The van der Waals surface area contributed by atoms with Crippen LogP contribution in [0.2, 0.25) is 0 Å². The van der Waals surface area contributed by atoms with Gasteiger partial charge in [-0.2, -0.15) is 0 Å². The van der Waals surface area contributed by atoms with Gasteiger partial charge in [0.25, 0.3) is 0 Å². The Morgan fingerprint density at radius 2 is 0.222 bits per heavy atom. The van der Waals surface area contributed by atoms with E-state index in [0.717, 1.165) is 0 Å². The minimum absolute atomic E-state index is 0.500. The molecule has 0 saturated carbocycles. The number of pyridine rings is 8. The molecule has 8 aromatic rings. The van der Waals surface area contributed by atoms with Gasteiger partial charge < -0.3 is 57.5 Å². The zero-order valence-corrected chi connectivity index (χ0v) is 36.8. The van der Waals surface area contributed by atoms with Crippen molar-refractivity contribution in [3.05, 3.63) is 245 Å². The van der Waals surface area contributed by atoms with Gasteiger partial charge in [-0.05, 0) is 0 Å². The van der Waals surface area contributed by atoms with Crippen molar-refractivity contribution in [3.8, 4) is 0 Å². The van der Waals surface area contributed by atoms with Gasteiger partial charge in [0.15, 0.2) is 0 Å². The Kier molecular flexibility index (Phi) is 51.8. The number of rotatable bonds is 0. The minimum Gasteiger partial charge on any atom is -0.867 e. The van der Waals surface area contributed by atoms with Crippen LogP contribution < -0.4 is 78.5 Å². The van der Waals surface area contributed by atoms with Gasteiger partial charge in [-0.15, -0.1) is 0 Å². The van der Waals surface area contributed by atoms with E-state index in [1.54, 1.807) is 146 Å². The molecule has 8 rings (SSSR count). The molecular formula is C40H40B4F12N8O8. The Morgan fingerprint density at radius 3 is 0.250 bits per heavy atom. The fourth-order valence-electron chi connectivity index (χ4n) is 3.02. The van der Waals surface area contributed by atoms with Gasteiger partial charge in [0.1, 0.15) is 29.6 Å². The van der Waals surface area contributed by atoms with Crippen LogP contribution in [-0.4, -0.2) is 29.6 Å². The van der Waals surface area contributed by atoms with Crippen LogP contribution >= 0.6 is 0 Å². The van der Waals surface area contributed by atoms with Crippen molar-refractivity contribution in [1.29, 1.82) is 0 Å². The highest BCUT2D eigenvalue weighted by Crippen LogP contribution is 1.78. The average molecular weight is 1030 g/mol. The molecule has 0 bridgehead atoms. The monoisotopic (exact) mass is 1030 g/mol. The van der Waals surface area contributed by atoms with E-state index in [2.05, 4.69) is 0 Å². The summed E-state index contributed by atoms with van der Waals surface area (Å²) in [6.07, 6.45) is 21.3. The molecule has 8 aromatic heterocycles. The highest BCUT2D eigenvalue weighted by molar-refractivity contribution is 6.27. The first-order chi connectivity index (χ1) is 34.1. The summed E-state index contributed by atoms with van der Waals surface area (Å²) in [5.74, 6) is 0. The first-order valence-electron chi connectivity index (χ1n) is 18.9. The molecule has 0 saturated heterocycles. The summed E-state index contributed by atoms with van der Waals surface area (Å²) in [7, 11) is -12.7. The second-order valence-electron chi connectivity index (χ2n) is 10.9. The first-order valence-corrected chi connectivity index (χ1v) is 18.9. The molecule has 8 heterocycles. The summed E-state index contributed by atoms with van der Waals surface area (Å²) >= 11 is 0. The van der Waals surface area contributed by atoms with E-state index in [0.29, 0.717) is 38.3 Å². The standard InChI is InChI=1S/8C5H5FN.4BFO2/c8*6-7-4-2-1-3-5-7;4*2-1(3)4/h8*1-5H;;;;/q8*+1;4*-2. The van der Waals surface area contributed by atoms with Gasteiger partial charge in [0.05, 0.1) is 35.9 Å². The Hall–Kier alpha value is -7.70. The molecule has 16 nitrogen and oxygen atoms in total. The predicted molar refractivity (Wildman–Crippen MR) is 213 cm³/mol. The van der Waals surface area contributed by atoms with Crippen LogP contribution in [-0.2, 0) is 0 Å². The van der Waals surface area contributed by atoms with Crippen LogP contribution in [0.5, 0.6) is 0 Å². The van der Waals surface area contributed by atoms with Gasteiger partial charge in [0.2, 0.25) is 99.1 Å². The summed E-state index contributed by atoms with van der Waals surface area (Å²) in [5, 5.41) is 66.4. The third-order valence-corrected chi connectivity index (χ3v) is 5.43. The van der Waals surface area contributed by atoms with Crippen molar-refractivity contribution in [3.63, 3.8) is 0 Å². The lowest BCUT2D eigenvalue weighted by atomic mass is 10.3. The molecule has 0 N–H and O–H groups in total. The smallest absolute Gasteiger partial charge is 0.218 e. The molecule has 0 unspecified atom stereocenters. The number of aromatic nitrogens is 8. The third kappa shape index (κ3) is 73.9. The third-order valence-electron chi connectivity index (χ3n) is 5.43. The number of hydrogen-bond acceptors (Lipinski definition) is 8. The molecule has 0 amide bonds. The zero-order valence-electron chi connectivity index (χ0n) is 36.8. The van der Waals surface area contributed by atoms with Crippen LogP contribution in [0, 0.1) is 0 Å². The van der Waals surface area contributed by atoms with Crippen molar-refractivity contribution < 1.29 is 132 Å². The van der Waals surface area contributed by atoms with Gasteiger partial charge in [0, 0.05) is 135 Å². The van der Waals surface area contributed by atoms with Gasteiger partial charge in [-0.1, -0.05) is 48.5 Å². The predicted octanol–water partition coefficient (Wildman–Crippen LogP) is -3.70. The Morgan fingerprint density at radius 1 is 0.167 bits per heavy atom.